The Morgan fingerprint density at radius 3 is 2.55 bits per heavy atom. The first-order valence-corrected chi connectivity index (χ1v) is 3.76. The van der Waals surface area contributed by atoms with Gasteiger partial charge in [-0.15, -0.1) is 0 Å². The summed E-state index contributed by atoms with van der Waals surface area (Å²) < 4.78 is 0. The summed E-state index contributed by atoms with van der Waals surface area (Å²) >= 11 is 0. The van der Waals surface area contributed by atoms with Crippen molar-refractivity contribution in [3.05, 3.63) is 11.8 Å². The fraction of sp³-hybridized carbons (Fsp3) is 0.625. The molecule has 0 aromatic carbocycles. The van der Waals surface area contributed by atoms with Gasteiger partial charge < -0.3 is 5.32 Å². The minimum atomic E-state index is -0.269. The largest absolute Gasteiger partial charge is 0.355 e. The molecule has 1 aliphatic rings. The molecule has 3 heteroatoms. The van der Waals surface area contributed by atoms with Gasteiger partial charge in [0, 0.05) is 17.3 Å². The fourth-order valence-corrected chi connectivity index (χ4v) is 0.922. The molecule has 11 heavy (non-hydrogen) atoms. The van der Waals surface area contributed by atoms with Crippen LogP contribution in [0.5, 0.6) is 0 Å². The van der Waals surface area contributed by atoms with E-state index in [1.807, 2.05) is 6.08 Å². The first-order chi connectivity index (χ1) is 5.00. The van der Waals surface area contributed by atoms with Crippen molar-refractivity contribution < 1.29 is 0 Å². The predicted molar refractivity (Wildman–Crippen MR) is 47.1 cm³/mol. The molecule has 1 atom stereocenters. The Hall–Kier alpha value is -0.830. The highest BCUT2D eigenvalue weighted by Crippen LogP contribution is 2.23. The Morgan fingerprint density at radius 2 is 2.18 bits per heavy atom. The molecule has 0 aromatic heterocycles. The van der Waals surface area contributed by atoms with Gasteiger partial charge in [0.2, 0.25) is 0 Å². The summed E-state index contributed by atoms with van der Waals surface area (Å²) in [6.07, 6.45) is 3.44. The van der Waals surface area contributed by atoms with Gasteiger partial charge in [-0.2, -0.15) is 0 Å². The van der Waals surface area contributed by atoms with Crippen molar-refractivity contribution in [3.8, 4) is 0 Å². The first kappa shape index (κ1) is 8.27. The average molecular weight is 153 g/mol. The molecule has 0 radical (unpaired) electrons. The molecule has 0 amide bonds. The number of rotatable bonds is 0. The van der Waals surface area contributed by atoms with E-state index in [1.54, 1.807) is 6.21 Å². The van der Waals surface area contributed by atoms with E-state index in [4.69, 9.17) is 5.73 Å². The third kappa shape index (κ3) is 2.05. The molecule has 0 bridgehead atoms. The van der Waals surface area contributed by atoms with Crippen molar-refractivity contribution >= 4 is 6.21 Å². The minimum absolute atomic E-state index is 0.129. The van der Waals surface area contributed by atoms with Crippen molar-refractivity contribution in [3.63, 3.8) is 0 Å². The van der Waals surface area contributed by atoms with Crippen LogP contribution in [0.25, 0.3) is 0 Å². The zero-order chi connectivity index (χ0) is 8.48. The molecule has 3 nitrogen and oxygen atoms in total. The van der Waals surface area contributed by atoms with Crippen LogP contribution in [0.2, 0.25) is 0 Å². The second kappa shape index (κ2) is 2.66. The molecule has 0 saturated heterocycles. The molecular weight excluding hydrogens is 138 g/mol. The first-order valence-electron chi connectivity index (χ1n) is 3.76. The molecule has 1 heterocycles. The van der Waals surface area contributed by atoms with Crippen LogP contribution in [0.4, 0.5) is 0 Å². The summed E-state index contributed by atoms with van der Waals surface area (Å²) in [5.74, 6) is 0. The summed E-state index contributed by atoms with van der Waals surface area (Å²) in [4.78, 5) is 3.96. The molecule has 0 aliphatic carbocycles. The molecule has 62 valence electrons. The molecule has 0 saturated carbocycles. The van der Waals surface area contributed by atoms with Crippen LogP contribution < -0.4 is 11.1 Å². The number of allylic oxidation sites excluding steroid dienone is 2. The molecule has 3 N–H and O–H groups in total. The van der Waals surface area contributed by atoms with Crippen molar-refractivity contribution in [2.24, 2.45) is 16.1 Å². The van der Waals surface area contributed by atoms with Gasteiger partial charge in [0.15, 0.2) is 6.29 Å². The second-order valence-corrected chi connectivity index (χ2v) is 3.72. The van der Waals surface area contributed by atoms with Crippen LogP contribution in [0, 0.1) is 5.41 Å². The van der Waals surface area contributed by atoms with E-state index in [0.717, 1.165) is 5.70 Å². The predicted octanol–water partition coefficient (Wildman–Crippen LogP) is 0.833. The Balaban J connectivity index is 2.75. The molecule has 0 spiro atoms. The zero-order valence-electron chi connectivity index (χ0n) is 7.26. The minimum Gasteiger partial charge on any atom is -0.355 e. The van der Waals surface area contributed by atoms with Crippen molar-refractivity contribution in [1.29, 1.82) is 0 Å². The summed E-state index contributed by atoms with van der Waals surface area (Å²) in [7, 11) is 0. The third-order valence-corrected chi connectivity index (χ3v) is 1.60. The van der Waals surface area contributed by atoms with E-state index in [9.17, 15) is 0 Å². The molecular formula is C8H15N3. The Labute approximate surface area is 67.4 Å². The van der Waals surface area contributed by atoms with E-state index < -0.39 is 0 Å². The number of aliphatic imine (C=N–C) groups is 1. The normalized spacial score (nSPS) is 24.4. The van der Waals surface area contributed by atoms with Gasteiger partial charge in [0.25, 0.3) is 0 Å². The van der Waals surface area contributed by atoms with E-state index in [-0.39, 0.29) is 11.7 Å². The van der Waals surface area contributed by atoms with Gasteiger partial charge in [-0.05, 0) is 6.08 Å². The number of nitrogens with one attached hydrogen (secondary N) is 1. The van der Waals surface area contributed by atoms with Gasteiger partial charge >= 0.3 is 0 Å². The highest BCUT2D eigenvalue weighted by Gasteiger charge is 2.19. The van der Waals surface area contributed by atoms with Crippen LogP contribution in [-0.2, 0) is 0 Å². The molecule has 0 aromatic rings. The zero-order valence-corrected chi connectivity index (χ0v) is 7.26. The quantitative estimate of drug-likeness (QED) is 0.541. The summed E-state index contributed by atoms with van der Waals surface area (Å²) in [5.41, 5.74) is 6.84. The Bertz CT molecular complexity index is 198. The smallest absolute Gasteiger partial charge is 0.170 e. The van der Waals surface area contributed by atoms with Gasteiger partial charge in [0.05, 0.1) is 0 Å². The van der Waals surface area contributed by atoms with E-state index >= 15 is 0 Å². The molecule has 1 aliphatic heterocycles. The lowest BCUT2D eigenvalue weighted by molar-refractivity contribution is 0.430. The van der Waals surface area contributed by atoms with Gasteiger partial charge in [-0.1, -0.05) is 20.8 Å². The van der Waals surface area contributed by atoms with Crippen LogP contribution >= 0.6 is 0 Å². The standard InChI is InChI=1S/C8H15N3/c1-8(2,3)6-4-5-10-7(9)11-6/h4-5,7,11H,9H2,1-3H3. The van der Waals surface area contributed by atoms with Gasteiger partial charge in [-0.3, -0.25) is 10.7 Å². The lowest BCUT2D eigenvalue weighted by Crippen LogP contribution is -2.40. The maximum atomic E-state index is 5.57. The molecule has 1 rings (SSSR count). The fourth-order valence-electron chi connectivity index (χ4n) is 0.922. The van der Waals surface area contributed by atoms with Gasteiger partial charge in [-0.25, -0.2) is 0 Å². The SMILES string of the molecule is CC(C)(C)C1=CC=NC(N)N1. The lowest BCUT2D eigenvalue weighted by Gasteiger charge is -2.27. The summed E-state index contributed by atoms with van der Waals surface area (Å²) in [6.45, 7) is 6.41. The summed E-state index contributed by atoms with van der Waals surface area (Å²) in [5, 5.41) is 3.10. The van der Waals surface area contributed by atoms with Crippen LogP contribution in [0.15, 0.2) is 16.8 Å². The Morgan fingerprint density at radius 1 is 1.55 bits per heavy atom. The van der Waals surface area contributed by atoms with Gasteiger partial charge in [0.1, 0.15) is 0 Å². The van der Waals surface area contributed by atoms with Crippen LogP contribution in [0.3, 0.4) is 0 Å². The van der Waals surface area contributed by atoms with Crippen LogP contribution in [-0.4, -0.2) is 12.5 Å². The highest BCUT2D eigenvalue weighted by atomic mass is 15.2. The monoisotopic (exact) mass is 153 g/mol. The molecule has 0 fully saturated rings. The Kier molecular flexibility index (Phi) is 2.00. The lowest BCUT2D eigenvalue weighted by atomic mass is 9.91. The number of nitrogens with two attached hydrogens (primary N) is 1. The number of hydrogen-bond acceptors (Lipinski definition) is 3. The van der Waals surface area contributed by atoms with Crippen molar-refractivity contribution in [1.82, 2.24) is 5.32 Å². The molecule has 1 unspecified atom stereocenters. The van der Waals surface area contributed by atoms with Crippen molar-refractivity contribution in [2.75, 3.05) is 0 Å². The maximum Gasteiger partial charge on any atom is 0.170 e. The number of hydrogen-bond donors (Lipinski definition) is 2. The third-order valence-electron chi connectivity index (χ3n) is 1.60. The topological polar surface area (TPSA) is 50.4 Å². The van der Waals surface area contributed by atoms with Crippen molar-refractivity contribution in [2.45, 2.75) is 27.1 Å². The second-order valence-electron chi connectivity index (χ2n) is 3.72. The highest BCUT2D eigenvalue weighted by molar-refractivity contribution is 5.73. The average Bonchev–Trinajstić information content (AvgIpc) is 1.86. The maximum absolute atomic E-state index is 5.57. The van der Waals surface area contributed by atoms with E-state index in [1.165, 1.54) is 0 Å². The van der Waals surface area contributed by atoms with E-state index in [2.05, 4.69) is 31.1 Å². The number of nitrogens with zero attached hydrogens (tertiary/aromatic N) is 1. The summed E-state index contributed by atoms with van der Waals surface area (Å²) in [6, 6.07) is 0. The van der Waals surface area contributed by atoms with Crippen LogP contribution in [0.1, 0.15) is 20.8 Å². The van der Waals surface area contributed by atoms with E-state index in [0.29, 0.717) is 0 Å².